The van der Waals surface area contributed by atoms with E-state index >= 15 is 0 Å². The number of hydrogen-bond acceptors (Lipinski definition) is 3. The van der Waals surface area contributed by atoms with Gasteiger partial charge in [-0.25, -0.2) is 0 Å². The van der Waals surface area contributed by atoms with Gasteiger partial charge in [-0.1, -0.05) is 0 Å². The fourth-order valence-corrected chi connectivity index (χ4v) is 3.27. The van der Waals surface area contributed by atoms with Crippen LogP contribution in [-0.2, 0) is 0 Å². The quantitative estimate of drug-likeness (QED) is 0.770. The number of Topliss-reactive ketones (excluding diaryl/α,β-unsaturated/α-hetero) is 1. The second kappa shape index (κ2) is 5.86. The molecule has 0 aromatic heterocycles. The van der Waals surface area contributed by atoms with Gasteiger partial charge in [-0.05, 0) is 61.8 Å². The number of carbonyl (C=O) groups excluding carboxylic acids is 1. The van der Waals surface area contributed by atoms with Crippen LogP contribution in [0.4, 0.5) is 5.69 Å². The van der Waals surface area contributed by atoms with Crippen molar-refractivity contribution >= 4 is 27.4 Å². The second-order valence-corrected chi connectivity index (χ2v) is 7.22. The van der Waals surface area contributed by atoms with Crippen LogP contribution >= 0.6 is 15.9 Å². The van der Waals surface area contributed by atoms with Crippen molar-refractivity contribution < 1.29 is 4.79 Å². The van der Waals surface area contributed by atoms with Crippen LogP contribution in [0.5, 0.6) is 0 Å². The number of piperazine rings is 1. The molecule has 1 fully saturated rings. The molecule has 0 atom stereocenters. The standard InChI is InChI=1S/C16H23BrN2O/c1-12(20)14-6-5-13(11-15(14)17)18-7-9-19(10-8-18)16(2,3)4/h5-6,11H,7-10H2,1-4H3. The van der Waals surface area contributed by atoms with Crippen LogP contribution in [0.15, 0.2) is 22.7 Å². The first-order valence-electron chi connectivity index (χ1n) is 7.09. The van der Waals surface area contributed by atoms with Crippen LogP contribution in [0, 0.1) is 0 Å². The molecule has 1 aliphatic rings. The number of halogens is 1. The zero-order chi connectivity index (χ0) is 14.9. The van der Waals surface area contributed by atoms with E-state index in [9.17, 15) is 4.79 Å². The lowest BCUT2D eigenvalue weighted by molar-refractivity contribution is 0.101. The maximum atomic E-state index is 11.5. The molecular weight excluding hydrogens is 316 g/mol. The minimum Gasteiger partial charge on any atom is -0.369 e. The Kier molecular flexibility index (Phi) is 4.55. The Morgan fingerprint density at radius 2 is 1.75 bits per heavy atom. The lowest BCUT2D eigenvalue weighted by Gasteiger charge is -2.43. The van der Waals surface area contributed by atoms with Gasteiger partial charge in [-0.3, -0.25) is 9.69 Å². The summed E-state index contributed by atoms with van der Waals surface area (Å²) in [6.07, 6.45) is 0. The van der Waals surface area contributed by atoms with Crippen molar-refractivity contribution in [3.8, 4) is 0 Å². The molecule has 1 aliphatic heterocycles. The fourth-order valence-electron chi connectivity index (χ4n) is 2.62. The summed E-state index contributed by atoms with van der Waals surface area (Å²) in [5, 5.41) is 0. The van der Waals surface area contributed by atoms with Crippen LogP contribution in [0.2, 0.25) is 0 Å². The summed E-state index contributed by atoms with van der Waals surface area (Å²) in [6, 6.07) is 6.02. The van der Waals surface area contributed by atoms with Gasteiger partial charge in [0.05, 0.1) is 0 Å². The van der Waals surface area contributed by atoms with Gasteiger partial charge in [-0.2, -0.15) is 0 Å². The van der Waals surface area contributed by atoms with E-state index in [1.807, 2.05) is 12.1 Å². The molecule has 4 heteroatoms. The molecule has 20 heavy (non-hydrogen) atoms. The molecule has 0 spiro atoms. The number of nitrogens with zero attached hydrogens (tertiary/aromatic N) is 2. The number of carbonyl (C=O) groups is 1. The number of anilines is 1. The van der Waals surface area contributed by atoms with E-state index in [1.54, 1.807) is 6.92 Å². The maximum Gasteiger partial charge on any atom is 0.160 e. The van der Waals surface area contributed by atoms with Gasteiger partial charge in [0, 0.05) is 47.4 Å². The summed E-state index contributed by atoms with van der Waals surface area (Å²) in [5.41, 5.74) is 2.18. The second-order valence-electron chi connectivity index (χ2n) is 6.37. The summed E-state index contributed by atoms with van der Waals surface area (Å²) >= 11 is 3.50. The molecule has 3 nitrogen and oxygen atoms in total. The van der Waals surface area contributed by atoms with Crippen molar-refractivity contribution in [1.82, 2.24) is 4.90 Å². The summed E-state index contributed by atoms with van der Waals surface area (Å²) in [4.78, 5) is 16.4. The van der Waals surface area contributed by atoms with E-state index < -0.39 is 0 Å². The topological polar surface area (TPSA) is 23.6 Å². The van der Waals surface area contributed by atoms with Crippen molar-refractivity contribution in [3.63, 3.8) is 0 Å². The molecule has 1 heterocycles. The van der Waals surface area contributed by atoms with Crippen LogP contribution in [0.3, 0.4) is 0 Å². The molecular formula is C16H23BrN2O. The molecule has 2 rings (SSSR count). The van der Waals surface area contributed by atoms with Gasteiger partial charge >= 0.3 is 0 Å². The zero-order valence-electron chi connectivity index (χ0n) is 12.7. The fraction of sp³-hybridized carbons (Fsp3) is 0.562. The van der Waals surface area contributed by atoms with E-state index in [0.717, 1.165) is 36.2 Å². The first-order valence-corrected chi connectivity index (χ1v) is 7.89. The van der Waals surface area contributed by atoms with Gasteiger partial charge < -0.3 is 4.90 Å². The molecule has 0 unspecified atom stereocenters. The Bertz CT molecular complexity index is 500. The zero-order valence-corrected chi connectivity index (χ0v) is 14.3. The van der Waals surface area contributed by atoms with Gasteiger partial charge in [0.25, 0.3) is 0 Å². The first-order chi connectivity index (χ1) is 9.29. The lowest BCUT2D eigenvalue weighted by Crippen LogP contribution is -2.53. The predicted octanol–water partition coefficient (Wildman–Crippen LogP) is 3.57. The first kappa shape index (κ1) is 15.5. The largest absolute Gasteiger partial charge is 0.369 e. The van der Waals surface area contributed by atoms with Crippen molar-refractivity contribution in [3.05, 3.63) is 28.2 Å². The molecule has 1 aromatic rings. The predicted molar refractivity (Wildman–Crippen MR) is 87.7 cm³/mol. The molecule has 1 saturated heterocycles. The van der Waals surface area contributed by atoms with Gasteiger partial charge in [0.2, 0.25) is 0 Å². The van der Waals surface area contributed by atoms with Crippen LogP contribution in [-0.4, -0.2) is 42.4 Å². The van der Waals surface area contributed by atoms with E-state index in [-0.39, 0.29) is 11.3 Å². The highest BCUT2D eigenvalue weighted by Gasteiger charge is 2.26. The van der Waals surface area contributed by atoms with E-state index in [4.69, 9.17) is 0 Å². The summed E-state index contributed by atoms with van der Waals surface area (Å²) in [7, 11) is 0. The van der Waals surface area contributed by atoms with Crippen molar-refractivity contribution in [1.29, 1.82) is 0 Å². The Labute approximate surface area is 130 Å². The molecule has 0 bridgehead atoms. The molecule has 110 valence electrons. The monoisotopic (exact) mass is 338 g/mol. The smallest absolute Gasteiger partial charge is 0.160 e. The average molecular weight is 339 g/mol. The maximum absolute atomic E-state index is 11.5. The Balaban J connectivity index is 2.08. The van der Waals surface area contributed by atoms with Gasteiger partial charge in [0.1, 0.15) is 0 Å². The van der Waals surface area contributed by atoms with Crippen LogP contribution in [0.1, 0.15) is 38.1 Å². The SMILES string of the molecule is CC(=O)c1ccc(N2CCN(C(C)(C)C)CC2)cc1Br. The molecule has 0 N–H and O–H groups in total. The van der Waals surface area contributed by atoms with Crippen molar-refractivity contribution in [2.75, 3.05) is 31.1 Å². The van der Waals surface area contributed by atoms with E-state index in [1.165, 1.54) is 5.69 Å². The third-order valence-corrected chi connectivity index (χ3v) is 4.58. The molecule has 0 saturated carbocycles. The minimum absolute atomic E-state index is 0.0981. The molecule has 1 aromatic carbocycles. The van der Waals surface area contributed by atoms with Crippen LogP contribution in [0.25, 0.3) is 0 Å². The van der Waals surface area contributed by atoms with Crippen molar-refractivity contribution in [2.45, 2.75) is 33.2 Å². The number of hydrogen-bond donors (Lipinski definition) is 0. The Hall–Kier alpha value is -0.870. The van der Waals surface area contributed by atoms with Crippen molar-refractivity contribution in [2.24, 2.45) is 0 Å². The summed E-state index contributed by atoms with van der Waals surface area (Å²) in [5.74, 6) is 0.0981. The highest BCUT2D eigenvalue weighted by Crippen LogP contribution is 2.26. The summed E-state index contributed by atoms with van der Waals surface area (Å²) in [6.45, 7) is 12.6. The number of rotatable bonds is 2. The van der Waals surface area contributed by atoms with E-state index in [2.05, 4.69) is 52.6 Å². The third kappa shape index (κ3) is 3.41. The Morgan fingerprint density at radius 1 is 1.15 bits per heavy atom. The Morgan fingerprint density at radius 3 is 2.20 bits per heavy atom. The molecule has 0 aliphatic carbocycles. The van der Waals surface area contributed by atoms with Gasteiger partial charge in [0.15, 0.2) is 5.78 Å². The highest BCUT2D eigenvalue weighted by molar-refractivity contribution is 9.10. The lowest BCUT2D eigenvalue weighted by atomic mass is 10.0. The minimum atomic E-state index is 0.0981. The molecule has 0 amide bonds. The van der Waals surface area contributed by atoms with Gasteiger partial charge in [-0.15, -0.1) is 0 Å². The molecule has 0 radical (unpaired) electrons. The number of benzene rings is 1. The van der Waals surface area contributed by atoms with Crippen LogP contribution < -0.4 is 4.90 Å². The average Bonchev–Trinajstić information content (AvgIpc) is 2.37. The normalized spacial score (nSPS) is 17.4. The highest BCUT2D eigenvalue weighted by atomic mass is 79.9. The van der Waals surface area contributed by atoms with E-state index in [0.29, 0.717) is 0 Å². The third-order valence-electron chi connectivity index (χ3n) is 3.93. The summed E-state index contributed by atoms with van der Waals surface area (Å²) < 4.78 is 0.890. The number of ketones is 1.